The molecule has 5 heteroatoms. The van der Waals surface area contributed by atoms with Crippen molar-refractivity contribution in [2.45, 2.75) is 232 Å². The van der Waals surface area contributed by atoms with Gasteiger partial charge in [0.25, 0.3) is 0 Å². The van der Waals surface area contributed by atoms with Crippen LogP contribution in [0.4, 0.5) is 0 Å². The van der Waals surface area contributed by atoms with Crippen LogP contribution in [0, 0.1) is 0 Å². The largest absolute Gasteiger partial charge is 0.462 e. The number of ether oxygens (including phenoxy) is 3. The summed E-state index contributed by atoms with van der Waals surface area (Å²) in [5, 5.41) is 0. The van der Waals surface area contributed by atoms with E-state index in [0.717, 1.165) is 96.3 Å². The Morgan fingerprint density at radius 3 is 1.36 bits per heavy atom. The minimum atomic E-state index is -0.547. The molecular weight excluding hydrogens is 693 g/mol. The Morgan fingerprint density at radius 1 is 0.411 bits per heavy atom. The molecule has 324 valence electrons. The summed E-state index contributed by atoms with van der Waals surface area (Å²) in [5.41, 5.74) is 0. The third-order valence-corrected chi connectivity index (χ3v) is 10.0. The summed E-state index contributed by atoms with van der Waals surface area (Å²) in [4.78, 5) is 25.3. The Kier molecular flexibility index (Phi) is 45.0. The van der Waals surface area contributed by atoms with E-state index in [9.17, 15) is 9.59 Å². The number of rotatable bonds is 43. The van der Waals surface area contributed by atoms with E-state index in [-0.39, 0.29) is 25.2 Å². The van der Waals surface area contributed by atoms with Crippen LogP contribution in [0.25, 0.3) is 0 Å². The average molecular weight is 783 g/mol. The number of unbranched alkanes of at least 4 members (excludes halogenated alkanes) is 22. The fourth-order valence-electron chi connectivity index (χ4n) is 6.48. The van der Waals surface area contributed by atoms with E-state index in [1.807, 2.05) is 0 Å². The maximum absolute atomic E-state index is 12.7. The number of hydrogen-bond donors (Lipinski definition) is 0. The molecule has 0 fully saturated rings. The van der Waals surface area contributed by atoms with Crippen molar-refractivity contribution in [3.63, 3.8) is 0 Å². The predicted octanol–water partition coefficient (Wildman–Crippen LogP) is 15.8. The smallest absolute Gasteiger partial charge is 0.306 e. The van der Waals surface area contributed by atoms with E-state index in [0.29, 0.717) is 19.4 Å². The molecule has 0 aliphatic carbocycles. The van der Waals surface area contributed by atoms with Crippen molar-refractivity contribution in [1.82, 2.24) is 0 Å². The summed E-state index contributed by atoms with van der Waals surface area (Å²) in [6, 6.07) is 0. The zero-order valence-electron chi connectivity index (χ0n) is 37.1. The zero-order valence-corrected chi connectivity index (χ0v) is 37.1. The first-order chi connectivity index (χ1) is 27.6. The number of carbonyl (C=O) groups is 2. The van der Waals surface area contributed by atoms with E-state index in [4.69, 9.17) is 14.2 Å². The molecule has 0 saturated heterocycles. The highest BCUT2D eigenvalue weighted by Gasteiger charge is 2.17. The van der Waals surface area contributed by atoms with Gasteiger partial charge in [0.05, 0.1) is 6.61 Å². The Balaban J connectivity index is 4.28. The lowest BCUT2D eigenvalue weighted by molar-refractivity contribution is -0.163. The maximum atomic E-state index is 12.7. The molecule has 0 aromatic rings. The fraction of sp³-hybridized carbons (Fsp3) is 0.765. The van der Waals surface area contributed by atoms with Gasteiger partial charge in [-0.25, -0.2) is 0 Å². The van der Waals surface area contributed by atoms with Crippen LogP contribution >= 0.6 is 0 Å². The highest BCUT2D eigenvalue weighted by atomic mass is 16.6. The topological polar surface area (TPSA) is 61.8 Å². The summed E-state index contributed by atoms with van der Waals surface area (Å²) < 4.78 is 17.3. The molecule has 0 aliphatic rings. The van der Waals surface area contributed by atoms with Gasteiger partial charge in [0.1, 0.15) is 6.61 Å². The van der Waals surface area contributed by atoms with Gasteiger partial charge in [0, 0.05) is 19.4 Å². The van der Waals surface area contributed by atoms with E-state index in [1.54, 1.807) is 0 Å². The highest BCUT2D eigenvalue weighted by molar-refractivity contribution is 5.70. The normalized spacial score (nSPS) is 12.7. The molecule has 0 spiro atoms. The summed E-state index contributed by atoms with van der Waals surface area (Å²) >= 11 is 0. The SMILES string of the molecule is CC/C=C\C/C=C\C/C=C\C/C=C\CCCCCCC(=O)OCC(COCCCCCCCCCCCCCC)OC(=O)CCCCCCC/C=C\CCCC. The van der Waals surface area contributed by atoms with Gasteiger partial charge in [0.2, 0.25) is 0 Å². The van der Waals surface area contributed by atoms with Crippen molar-refractivity contribution < 1.29 is 23.8 Å². The van der Waals surface area contributed by atoms with Crippen molar-refractivity contribution in [1.29, 1.82) is 0 Å². The van der Waals surface area contributed by atoms with Gasteiger partial charge in [-0.1, -0.05) is 197 Å². The molecule has 1 atom stereocenters. The Hall–Kier alpha value is -2.40. The number of esters is 2. The molecule has 0 aromatic carbocycles. The van der Waals surface area contributed by atoms with Crippen molar-refractivity contribution in [3.8, 4) is 0 Å². The molecule has 56 heavy (non-hydrogen) atoms. The maximum Gasteiger partial charge on any atom is 0.306 e. The number of hydrogen-bond acceptors (Lipinski definition) is 5. The van der Waals surface area contributed by atoms with Crippen molar-refractivity contribution >= 4 is 11.9 Å². The molecule has 0 amide bonds. The van der Waals surface area contributed by atoms with Crippen molar-refractivity contribution in [2.75, 3.05) is 19.8 Å². The highest BCUT2D eigenvalue weighted by Crippen LogP contribution is 2.14. The lowest BCUT2D eigenvalue weighted by Gasteiger charge is -2.18. The number of carbonyl (C=O) groups excluding carboxylic acids is 2. The van der Waals surface area contributed by atoms with Gasteiger partial charge in [-0.15, -0.1) is 0 Å². The molecule has 5 nitrogen and oxygen atoms in total. The second-order valence-corrected chi connectivity index (χ2v) is 15.6. The van der Waals surface area contributed by atoms with E-state index in [1.165, 1.54) is 96.3 Å². The second kappa shape index (κ2) is 47.0. The van der Waals surface area contributed by atoms with Gasteiger partial charge in [-0.05, 0) is 77.0 Å². The van der Waals surface area contributed by atoms with Gasteiger partial charge in [0.15, 0.2) is 6.10 Å². The van der Waals surface area contributed by atoms with E-state index < -0.39 is 6.10 Å². The molecule has 1 unspecified atom stereocenters. The first-order valence-electron chi connectivity index (χ1n) is 23.8. The van der Waals surface area contributed by atoms with Crippen molar-refractivity contribution in [2.24, 2.45) is 0 Å². The third-order valence-electron chi connectivity index (χ3n) is 10.0. The summed E-state index contributed by atoms with van der Waals surface area (Å²) in [6.07, 6.45) is 57.9. The number of allylic oxidation sites excluding steroid dienone is 10. The second-order valence-electron chi connectivity index (χ2n) is 15.6. The molecule has 0 bridgehead atoms. The molecule has 0 saturated carbocycles. The van der Waals surface area contributed by atoms with Gasteiger partial charge >= 0.3 is 11.9 Å². The van der Waals surface area contributed by atoms with E-state index in [2.05, 4.69) is 81.5 Å². The molecule has 0 rings (SSSR count). The zero-order chi connectivity index (χ0) is 40.7. The predicted molar refractivity (Wildman–Crippen MR) is 242 cm³/mol. The third kappa shape index (κ3) is 44.3. The van der Waals surface area contributed by atoms with E-state index >= 15 is 0 Å². The molecule has 0 N–H and O–H groups in total. The first-order valence-corrected chi connectivity index (χ1v) is 23.8. The quantitative estimate of drug-likeness (QED) is 0.0350. The van der Waals surface area contributed by atoms with Gasteiger partial charge in [-0.2, -0.15) is 0 Å². The van der Waals surface area contributed by atoms with Gasteiger partial charge < -0.3 is 14.2 Å². The van der Waals surface area contributed by atoms with Crippen LogP contribution in [-0.2, 0) is 23.8 Å². The molecule has 0 aromatic heterocycles. The van der Waals surface area contributed by atoms with Gasteiger partial charge in [-0.3, -0.25) is 9.59 Å². The minimum Gasteiger partial charge on any atom is -0.462 e. The van der Waals surface area contributed by atoms with Crippen molar-refractivity contribution in [3.05, 3.63) is 60.8 Å². The Bertz CT molecular complexity index is 977. The molecule has 0 heterocycles. The lowest BCUT2D eigenvalue weighted by Crippen LogP contribution is -2.30. The molecule has 0 radical (unpaired) electrons. The van der Waals surface area contributed by atoms with Crippen LogP contribution in [0.2, 0.25) is 0 Å². The van der Waals surface area contributed by atoms with Crippen LogP contribution in [0.5, 0.6) is 0 Å². The Labute approximate surface area is 347 Å². The van der Waals surface area contributed by atoms with Crippen LogP contribution in [-0.4, -0.2) is 37.9 Å². The van der Waals surface area contributed by atoms with Crippen LogP contribution in [0.3, 0.4) is 0 Å². The first kappa shape index (κ1) is 53.6. The summed E-state index contributed by atoms with van der Waals surface area (Å²) in [6.45, 7) is 7.65. The summed E-state index contributed by atoms with van der Waals surface area (Å²) in [7, 11) is 0. The van der Waals surface area contributed by atoms with Crippen LogP contribution < -0.4 is 0 Å². The molecule has 0 aliphatic heterocycles. The monoisotopic (exact) mass is 783 g/mol. The Morgan fingerprint density at radius 2 is 0.821 bits per heavy atom. The standard InChI is InChI=1S/C51H90O5/c1-4-7-10-13-16-19-22-24-25-26-27-28-30-32-35-38-41-44-50(52)55-48-49(47-54-46-43-40-37-34-31-23-20-17-14-11-8-5-2)56-51(53)45-42-39-36-33-29-21-18-15-12-9-6-3/h7,10,15-16,18-19,24-25,27-28,49H,4-6,8-9,11-14,17,20-23,26,29-48H2,1-3H3/b10-7-,18-15-,19-16-,25-24-,28-27-. The minimum absolute atomic E-state index is 0.0701. The van der Waals surface area contributed by atoms with Crippen LogP contribution in [0.1, 0.15) is 226 Å². The average Bonchev–Trinajstić information content (AvgIpc) is 3.20. The lowest BCUT2D eigenvalue weighted by atomic mass is 10.1. The van der Waals surface area contributed by atoms with Crippen LogP contribution in [0.15, 0.2) is 60.8 Å². The fourth-order valence-corrected chi connectivity index (χ4v) is 6.48. The summed E-state index contributed by atoms with van der Waals surface area (Å²) in [5.74, 6) is -0.432. The molecular formula is C51H90O5.